The summed E-state index contributed by atoms with van der Waals surface area (Å²) >= 11 is 12.0. The molecule has 22 heavy (non-hydrogen) atoms. The van der Waals surface area contributed by atoms with E-state index >= 15 is 0 Å². The van der Waals surface area contributed by atoms with Gasteiger partial charge in [-0.25, -0.2) is 0 Å². The molecule has 0 aromatic heterocycles. The molecule has 0 saturated heterocycles. The molecule has 0 bridgehead atoms. The number of phenolic OH excluding ortho intramolecular Hbond substituents is 1. The lowest BCUT2D eigenvalue weighted by atomic mass is 10.1. The summed E-state index contributed by atoms with van der Waals surface area (Å²) < 4.78 is 5.70. The molecule has 4 nitrogen and oxygen atoms in total. The number of ether oxygens (including phenoxy) is 1. The predicted molar refractivity (Wildman–Crippen MR) is 83.5 cm³/mol. The first kappa shape index (κ1) is 16.0. The van der Waals surface area contributed by atoms with E-state index in [0.29, 0.717) is 5.75 Å². The fourth-order valence-electron chi connectivity index (χ4n) is 2.02. The second kappa shape index (κ2) is 6.15. The summed E-state index contributed by atoms with van der Waals surface area (Å²) in [6, 6.07) is 9.10. The van der Waals surface area contributed by atoms with Crippen LogP contribution in [-0.2, 0) is 0 Å². The van der Waals surface area contributed by atoms with Crippen LogP contribution >= 0.6 is 23.2 Å². The van der Waals surface area contributed by atoms with Gasteiger partial charge in [-0.05, 0) is 25.0 Å². The summed E-state index contributed by atoms with van der Waals surface area (Å²) in [5.41, 5.74) is 1.35. The molecule has 0 aliphatic carbocycles. The van der Waals surface area contributed by atoms with Crippen molar-refractivity contribution in [3.05, 3.63) is 50.5 Å². The van der Waals surface area contributed by atoms with Crippen molar-refractivity contribution in [3.8, 4) is 29.4 Å². The Hall–Kier alpha value is -2.40. The summed E-state index contributed by atoms with van der Waals surface area (Å²) in [6.07, 6.45) is 0. The van der Waals surface area contributed by atoms with Crippen LogP contribution in [0.2, 0.25) is 10.0 Å². The zero-order valence-corrected chi connectivity index (χ0v) is 13.2. The fourth-order valence-corrected chi connectivity index (χ4v) is 2.51. The SMILES string of the molecule is Cc1cccc(C)c1Oc1c(O)c(Cl)c(C#N)c(C#N)c1Cl. The highest BCUT2D eigenvalue weighted by molar-refractivity contribution is 6.37. The van der Waals surface area contributed by atoms with Crippen LogP contribution < -0.4 is 4.74 Å². The molecule has 6 heteroatoms. The van der Waals surface area contributed by atoms with Crippen molar-refractivity contribution in [2.75, 3.05) is 0 Å². The van der Waals surface area contributed by atoms with Gasteiger partial charge in [0, 0.05) is 0 Å². The van der Waals surface area contributed by atoms with Crippen molar-refractivity contribution >= 4 is 23.2 Å². The largest absolute Gasteiger partial charge is 0.503 e. The highest BCUT2D eigenvalue weighted by Crippen LogP contribution is 2.47. The molecule has 0 heterocycles. The molecule has 0 atom stereocenters. The van der Waals surface area contributed by atoms with Crippen molar-refractivity contribution in [3.63, 3.8) is 0 Å². The monoisotopic (exact) mass is 332 g/mol. The van der Waals surface area contributed by atoms with Crippen molar-refractivity contribution in [1.82, 2.24) is 0 Å². The number of phenols is 1. The van der Waals surface area contributed by atoms with Gasteiger partial charge < -0.3 is 9.84 Å². The standard InChI is InChI=1S/C16H10Cl2N2O2/c1-8-4-3-5-9(2)15(8)22-16-13(18)11(7-20)10(6-19)12(17)14(16)21/h3-5,21H,1-2H3. The van der Waals surface area contributed by atoms with Gasteiger partial charge in [0.2, 0.25) is 0 Å². The Balaban J connectivity index is 2.71. The normalized spacial score (nSPS) is 9.91. The summed E-state index contributed by atoms with van der Waals surface area (Å²) in [7, 11) is 0. The second-order valence-corrected chi connectivity index (χ2v) is 5.36. The van der Waals surface area contributed by atoms with E-state index in [9.17, 15) is 5.11 Å². The molecule has 1 N–H and O–H groups in total. The number of benzene rings is 2. The number of para-hydroxylation sites is 1. The maximum Gasteiger partial charge on any atom is 0.190 e. The maximum absolute atomic E-state index is 10.2. The van der Waals surface area contributed by atoms with Crippen LogP contribution in [0.3, 0.4) is 0 Å². The van der Waals surface area contributed by atoms with Gasteiger partial charge in [0.05, 0.1) is 11.1 Å². The molecule has 2 rings (SSSR count). The molecule has 0 aliphatic rings. The van der Waals surface area contributed by atoms with Crippen molar-refractivity contribution in [1.29, 1.82) is 10.5 Å². The first-order valence-electron chi connectivity index (χ1n) is 6.20. The summed E-state index contributed by atoms with van der Waals surface area (Å²) in [6.45, 7) is 3.67. The average Bonchev–Trinajstić information content (AvgIpc) is 2.49. The number of aromatic hydroxyl groups is 1. The molecular weight excluding hydrogens is 323 g/mol. The van der Waals surface area contributed by atoms with E-state index in [0.717, 1.165) is 11.1 Å². The summed E-state index contributed by atoms with van der Waals surface area (Å²) in [5, 5.41) is 28.0. The third-order valence-corrected chi connectivity index (χ3v) is 3.88. The molecule has 2 aromatic carbocycles. The van der Waals surface area contributed by atoms with E-state index in [1.807, 2.05) is 38.1 Å². The molecule has 110 valence electrons. The second-order valence-electron chi connectivity index (χ2n) is 4.60. The molecule has 0 aliphatic heterocycles. The predicted octanol–water partition coefficient (Wildman–Crippen LogP) is 4.85. The lowest BCUT2D eigenvalue weighted by molar-refractivity contribution is 0.408. The van der Waals surface area contributed by atoms with E-state index in [1.165, 1.54) is 0 Å². The van der Waals surface area contributed by atoms with Crippen LogP contribution in [0.25, 0.3) is 0 Å². The topological polar surface area (TPSA) is 77.0 Å². The van der Waals surface area contributed by atoms with Crippen LogP contribution in [-0.4, -0.2) is 5.11 Å². The highest BCUT2D eigenvalue weighted by Gasteiger charge is 2.24. The molecule has 0 saturated carbocycles. The first-order chi connectivity index (χ1) is 10.4. The van der Waals surface area contributed by atoms with Crippen LogP contribution in [0.5, 0.6) is 17.2 Å². The van der Waals surface area contributed by atoms with E-state index in [1.54, 1.807) is 6.07 Å². The summed E-state index contributed by atoms with van der Waals surface area (Å²) in [5.74, 6) is -0.103. The Morgan fingerprint density at radius 1 is 0.955 bits per heavy atom. The zero-order valence-electron chi connectivity index (χ0n) is 11.7. The van der Waals surface area contributed by atoms with Crippen LogP contribution in [0.4, 0.5) is 0 Å². The van der Waals surface area contributed by atoms with Gasteiger partial charge in [-0.3, -0.25) is 0 Å². The lowest BCUT2D eigenvalue weighted by Gasteiger charge is -2.16. The number of halogens is 2. The van der Waals surface area contributed by atoms with Crippen LogP contribution in [0.1, 0.15) is 22.3 Å². The Morgan fingerprint density at radius 2 is 1.45 bits per heavy atom. The Bertz CT molecular complexity index is 829. The molecule has 0 unspecified atom stereocenters. The van der Waals surface area contributed by atoms with Gasteiger partial charge in [-0.2, -0.15) is 10.5 Å². The average molecular weight is 333 g/mol. The quantitative estimate of drug-likeness (QED) is 0.852. The fraction of sp³-hybridized carbons (Fsp3) is 0.125. The molecule has 0 amide bonds. The molecule has 2 aromatic rings. The molecular formula is C16H10Cl2N2O2. The third-order valence-electron chi connectivity index (χ3n) is 3.15. The molecule has 0 fully saturated rings. The minimum atomic E-state index is -0.468. The van der Waals surface area contributed by atoms with Gasteiger partial charge >= 0.3 is 0 Å². The van der Waals surface area contributed by atoms with E-state index in [2.05, 4.69) is 0 Å². The number of rotatable bonds is 2. The van der Waals surface area contributed by atoms with Crippen molar-refractivity contribution in [2.45, 2.75) is 13.8 Å². The smallest absolute Gasteiger partial charge is 0.190 e. The third kappa shape index (κ3) is 2.55. The van der Waals surface area contributed by atoms with E-state index < -0.39 is 5.75 Å². The van der Waals surface area contributed by atoms with Gasteiger partial charge in [0.25, 0.3) is 0 Å². The highest BCUT2D eigenvalue weighted by atomic mass is 35.5. The number of hydrogen-bond donors (Lipinski definition) is 1. The van der Waals surface area contributed by atoms with Gasteiger partial charge in [-0.15, -0.1) is 0 Å². The molecule has 0 radical (unpaired) electrons. The Morgan fingerprint density at radius 3 is 1.95 bits per heavy atom. The zero-order chi connectivity index (χ0) is 16.4. The Kier molecular flexibility index (Phi) is 4.47. The minimum absolute atomic E-state index is 0.131. The first-order valence-corrected chi connectivity index (χ1v) is 6.96. The van der Waals surface area contributed by atoms with Crippen LogP contribution in [0, 0.1) is 36.5 Å². The maximum atomic E-state index is 10.2. The van der Waals surface area contributed by atoms with Gasteiger partial charge in [0.15, 0.2) is 11.5 Å². The Labute approximate surface area is 137 Å². The van der Waals surface area contributed by atoms with E-state index in [4.69, 9.17) is 38.5 Å². The van der Waals surface area contributed by atoms with E-state index in [-0.39, 0.29) is 26.9 Å². The van der Waals surface area contributed by atoms with Crippen LogP contribution in [0.15, 0.2) is 18.2 Å². The molecule has 0 spiro atoms. The number of nitriles is 2. The summed E-state index contributed by atoms with van der Waals surface area (Å²) in [4.78, 5) is 0. The van der Waals surface area contributed by atoms with Gasteiger partial charge in [0.1, 0.15) is 27.9 Å². The lowest BCUT2D eigenvalue weighted by Crippen LogP contribution is -1.96. The number of nitrogens with zero attached hydrogens (tertiary/aromatic N) is 2. The minimum Gasteiger partial charge on any atom is -0.503 e. The van der Waals surface area contributed by atoms with Crippen molar-refractivity contribution in [2.24, 2.45) is 0 Å². The number of hydrogen-bond acceptors (Lipinski definition) is 4. The van der Waals surface area contributed by atoms with Gasteiger partial charge in [-0.1, -0.05) is 41.4 Å². The van der Waals surface area contributed by atoms with Crippen molar-refractivity contribution < 1.29 is 9.84 Å². The number of aryl methyl sites for hydroxylation is 2.